The highest BCUT2D eigenvalue weighted by Gasteiger charge is 2.32. The minimum Gasteiger partial charge on any atom is -0.311 e. The van der Waals surface area contributed by atoms with Gasteiger partial charge in [-0.05, 0) is 37.5 Å². The predicted molar refractivity (Wildman–Crippen MR) is 68.1 cm³/mol. The van der Waals surface area contributed by atoms with E-state index in [-0.39, 0.29) is 5.82 Å². The molecule has 1 nitrogen and oxygen atoms in total. The van der Waals surface area contributed by atoms with Crippen molar-refractivity contribution in [2.75, 3.05) is 0 Å². The second-order valence-corrected chi connectivity index (χ2v) is 5.51. The van der Waals surface area contributed by atoms with Crippen molar-refractivity contribution in [1.82, 2.24) is 5.32 Å². The van der Waals surface area contributed by atoms with Crippen LogP contribution in [0.3, 0.4) is 0 Å². The summed E-state index contributed by atoms with van der Waals surface area (Å²) in [4.78, 5) is 0. The molecule has 0 spiro atoms. The van der Waals surface area contributed by atoms with Gasteiger partial charge in [0.05, 0.1) is 0 Å². The lowest BCUT2D eigenvalue weighted by Crippen LogP contribution is -2.28. The van der Waals surface area contributed by atoms with Crippen molar-refractivity contribution in [3.8, 4) is 0 Å². The van der Waals surface area contributed by atoms with E-state index in [1.54, 1.807) is 6.07 Å². The molecular formula is C13H17BrFN. The molecule has 1 aliphatic rings. The van der Waals surface area contributed by atoms with Crippen molar-refractivity contribution in [2.24, 2.45) is 0 Å². The molecule has 16 heavy (non-hydrogen) atoms. The van der Waals surface area contributed by atoms with Crippen LogP contribution in [-0.4, -0.2) is 12.1 Å². The fourth-order valence-electron chi connectivity index (χ4n) is 2.64. The van der Waals surface area contributed by atoms with Gasteiger partial charge < -0.3 is 5.32 Å². The Morgan fingerprint density at radius 3 is 2.88 bits per heavy atom. The van der Waals surface area contributed by atoms with E-state index in [1.807, 2.05) is 12.1 Å². The second-order valence-electron chi connectivity index (χ2n) is 4.59. The Balaban J connectivity index is 2.29. The number of hydrogen-bond donors (Lipinski definition) is 1. The minimum atomic E-state index is -0.0891. The maximum absolute atomic E-state index is 13.9. The molecule has 1 aromatic carbocycles. The van der Waals surface area contributed by atoms with Crippen LogP contribution in [0.1, 0.15) is 38.2 Å². The summed E-state index contributed by atoms with van der Waals surface area (Å²) in [6, 6.07) is 6.29. The van der Waals surface area contributed by atoms with Crippen LogP contribution in [0.4, 0.5) is 4.39 Å². The molecule has 3 heteroatoms. The Kier molecular flexibility index (Phi) is 3.65. The van der Waals surface area contributed by atoms with Crippen molar-refractivity contribution in [1.29, 1.82) is 0 Å². The zero-order valence-corrected chi connectivity index (χ0v) is 11.2. The molecule has 0 radical (unpaired) electrons. The van der Waals surface area contributed by atoms with Crippen molar-refractivity contribution in [3.05, 3.63) is 34.1 Å². The molecule has 1 saturated heterocycles. The molecule has 88 valence electrons. The molecule has 3 atom stereocenters. The highest BCUT2D eigenvalue weighted by molar-refractivity contribution is 9.10. The zero-order chi connectivity index (χ0) is 11.7. The zero-order valence-electron chi connectivity index (χ0n) is 9.63. The maximum Gasteiger partial charge on any atom is 0.127 e. The molecular weight excluding hydrogens is 269 g/mol. The van der Waals surface area contributed by atoms with Crippen LogP contribution >= 0.6 is 15.9 Å². The summed E-state index contributed by atoms with van der Waals surface area (Å²) in [7, 11) is 0. The van der Waals surface area contributed by atoms with Gasteiger partial charge in [0.1, 0.15) is 5.82 Å². The lowest BCUT2D eigenvalue weighted by atomic mass is 9.89. The first-order chi connectivity index (χ1) is 7.61. The minimum absolute atomic E-state index is 0.0891. The first kappa shape index (κ1) is 12.1. The lowest BCUT2D eigenvalue weighted by molar-refractivity contribution is 0.499. The summed E-state index contributed by atoms with van der Waals surface area (Å²) >= 11 is 3.29. The van der Waals surface area contributed by atoms with Crippen LogP contribution in [0.25, 0.3) is 0 Å². The summed E-state index contributed by atoms with van der Waals surface area (Å²) in [5.74, 6) is 0.224. The SMILES string of the molecule is CCC1NC(C)CC1c1ccc(Br)cc1F. The van der Waals surface area contributed by atoms with Gasteiger partial charge in [0, 0.05) is 22.5 Å². The van der Waals surface area contributed by atoms with E-state index in [4.69, 9.17) is 0 Å². The first-order valence-electron chi connectivity index (χ1n) is 5.82. The summed E-state index contributed by atoms with van der Waals surface area (Å²) in [6.07, 6.45) is 2.07. The number of hydrogen-bond acceptors (Lipinski definition) is 1. The highest BCUT2D eigenvalue weighted by atomic mass is 79.9. The molecule has 0 aromatic heterocycles. The Hall–Kier alpha value is -0.410. The number of benzene rings is 1. The second kappa shape index (κ2) is 4.84. The molecule has 2 rings (SSSR count). The standard InChI is InChI=1S/C13H17BrFN/c1-3-13-11(6-8(2)16-13)10-5-4-9(14)7-12(10)15/h4-5,7-8,11,13,16H,3,6H2,1-2H3. The highest BCUT2D eigenvalue weighted by Crippen LogP contribution is 2.34. The van der Waals surface area contributed by atoms with Crippen molar-refractivity contribution < 1.29 is 4.39 Å². The predicted octanol–water partition coefficient (Wildman–Crippen LogP) is 3.83. The Bertz CT molecular complexity index is 380. The van der Waals surface area contributed by atoms with Crippen LogP contribution in [0.15, 0.2) is 22.7 Å². The quantitative estimate of drug-likeness (QED) is 0.871. The van der Waals surface area contributed by atoms with Crippen LogP contribution in [-0.2, 0) is 0 Å². The molecule has 1 heterocycles. The van der Waals surface area contributed by atoms with Crippen molar-refractivity contribution in [2.45, 2.75) is 44.7 Å². The van der Waals surface area contributed by atoms with Crippen molar-refractivity contribution >= 4 is 15.9 Å². The van der Waals surface area contributed by atoms with Gasteiger partial charge in [-0.3, -0.25) is 0 Å². The average Bonchev–Trinajstić information content (AvgIpc) is 2.59. The lowest BCUT2D eigenvalue weighted by Gasteiger charge is -2.18. The van der Waals surface area contributed by atoms with Crippen LogP contribution < -0.4 is 5.32 Å². The third kappa shape index (κ3) is 2.30. The Morgan fingerprint density at radius 2 is 2.25 bits per heavy atom. The fraction of sp³-hybridized carbons (Fsp3) is 0.538. The van der Waals surface area contributed by atoms with Gasteiger partial charge in [-0.2, -0.15) is 0 Å². The van der Waals surface area contributed by atoms with Crippen LogP contribution in [0.2, 0.25) is 0 Å². The average molecular weight is 286 g/mol. The Labute approximate surface area is 105 Å². The van der Waals surface area contributed by atoms with Gasteiger partial charge in [0.2, 0.25) is 0 Å². The van der Waals surface area contributed by atoms with Gasteiger partial charge in [-0.1, -0.05) is 28.9 Å². The van der Waals surface area contributed by atoms with E-state index in [9.17, 15) is 4.39 Å². The number of nitrogens with one attached hydrogen (secondary N) is 1. The normalized spacial score (nSPS) is 29.6. The summed E-state index contributed by atoms with van der Waals surface area (Å²) in [5.41, 5.74) is 0.854. The molecule has 0 aliphatic carbocycles. The third-order valence-corrected chi connectivity index (χ3v) is 3.89. The van der Waals surface area contributed by atoms with Gasteiger partial charge in [-0.25, -0.2) is 4.39 Å². The molecule has 1 fully saturated rings. The monoisotopic (exact) mass is 285 g/mol. The summed E-state index contributed by atoms with van der Waals surface area (Å²) in [5, 5.41) is 3.52. The fourth-order valence-corrected chi connectivity index (χ4v) is 2.98. The summed E-state index contributed by atoms with van der Waals surface area (Å²) in [6.45, 7) is 4.32. The molecule has 1 aliphatic heterocycles. The van der Waals surface area contributed by atoms with Gasteiger partial charge >= 0.3 is 0 Å². The number of rotatable bonds is 2. The smallest absolute Gasteiger partial charge is 0.127 e. The molecule has 0 saturated carbocycles. The van der Waals surface area contributed by atoms with E-state index in [0.29, 0.717) is 18.0 Å². The van der Waals surface area contributed by atoms with E-state index < -0.39 is 0 Å². The maximum atomic E-state index is 13.9. The van der Waals surface area contributed by atoms with Gasteiger partial charge in [0.25, 0.3) is 0 Å². The van der Waals surface area contributed by atoms with Crippen molar-refractivity contribution in [3.63, 3.8) is 0 Å². The third-order valence-electron chi connectivity index (χ3n) is 3.39. The first-order valence-corrected chi connectivity index (χ1v) is 6.62. The summed E-state index contributed by atoms with van der Waals surface area (Å²) < 4.78 is 14.7. The molecule has 3 unspecified atom stereocenters. The molecule has 1 N–H and O–H groups in total. The Morgan fingerprint density at radius 1 is 1.50 bits per heavy atom. The van der Waals surface area contributed by atoms with Gasteiger partial charge in [0.15, 0.2) is 0 Å². The van der Waals surface area contributed by atoms with Crippen LogP contribution in [0.5, 0.6) is 0 Å². The molecule has 1 aromatic rings. The van der Waals surface area contributed by atoms with Gasteiger partial charge in [-0.15, -0.1) is 0 Å². The largest absolute Gasteiger partial charge is 0.311 e. The molecule has 0 bridgehead atoms. The number of halogens is 2. The van der Waals surface area contributed by atoms with E-state index in [2.05, 4.69) is 35.1 Å². The van der Waals surface area contributed by atoms with E-state index >= 15 is 0 Å². The topological polar surface area (TPSA) is 12.0 Å². The molecule has 0 amide bonds. The van der Waals surface area contributed by atoms with E-state index in [1.165, 1.54) is 0 Å². The van der Waals surface area contributed by atoms with E-state index in [0.717, 1.165) is 22.9 Å². The van der Waals surface area contributed by atoms with Crippen LogP contribution in [0, 0.1) is 5.82 Å².